The second kappa shape index (κ2) is 4.90. The topological polar surface area (TPSA) is 46.9 Å². The Morgan fingerprint density at radius 2 is 2.06 bits per heavy atom. The Morgan fingerprint density at radius 1 is 1.41 bits per heavy atom. The number of carbonyl (C=O) groups is 1. The van der Waals surface area contributed by atoms with E-state index >= 15 is 0 Å². The van der Waals surface area contributed by atoms with Gasteiger partial charge < -0.3 is 5.32 Å². The summed E-state index contributed by atoms with van der Waals surface area (Å²) in [4.78, 5) is 11.9. The molecule has 0 aliphatic heterocycles. The molecule has 0 saturated heterocycles. The second-order valence-electron chi connectivity index (χ2n) is 5.00. The summed E-state index contributed by atoms with van der Waals surface area (Å²) in [6.07, 6.45) is 5.22. The first-order chi connectivity index (χ1) is 8.08. The highest BCUT2D eigenvalue weighted by atomic mass is 16.1. The van der Waals surface area contributed by atoms with E-state index in [2.05, 4.69) is 10.4 Å². The van der Waals surface area contributed by atoms with Gasteiger partial charge in [-0.25, -0.2) is 0 Å². The highest BCUT2D eigenvalue weighted by molar-refractivity contribution is 5.79. The molecule has 94 valence electrons. The van der Waals surface area contributed by atoms with Crippen LogP contribution < -0.4 is 5.32 Å². The Labute approximate surface area is 102 Å². The minimum absolute atomic E-state index is 0.135. The molecule has 1 saturated carbocycles. The van der Waals surface area contributed by atoms with Crippen LogP contribution in [0.5, 0.6) is 0 Å². The van der Waals surface area contributed by atoms with Crippen LogP contribution in [0.1, 0.15) is 42.6 Å². The first kappa shape index (κ1) is 12.1. The predicted molar refractivity (Wildman–Crippen MR) is 66.8 cm³/mol. The lowest BCUT2D eigenvalue weighted by Gasteiger charge is -2.11. The van der Waals surface area contributed by atoms with E-state index in [1.165, 1.54) is 12.8 Å². The van der Waals surface area contributed by atoms with Crippen molar-refractivity contribution in [2.45, 2.75) is 52.0 Å². The summed E-state index contributed by atoms with van der Waals surface area (Å²) in [5.41, 5.74) is 3.12. The smallest absolute Gasteiger partial charge is 0.224 e. The van der Waals surface area contributed by atoms with Crippen molar-refractivity contribution in [3.63, 3.8) is 0 Å². The molecule has 4 heteroatoms. The van der Waals surface area contributed by atoms with Gasteiger partial charge in [0.15, 0.2) is 0 Å². The summed E-state index contributed by atoms with van der Waals surface area (Å²) in [6, 6.07) is 0.403. The third-order valence-corrected chi connectivity index (χ3v) is 3.72. The van der Waals surface area contributed by atoms with Crippen LogP contribution in [0.25, 0.3) is 0 Å². The lowest BCUT2D eigenvalue weighted by atomic mass is 10.1. The zero-order valence-electron chi connectivity index (χ0n) is 10.9. The number of hydrogen-bond donors (Lipinski definition) is 1. The molecule has 0 atom stereocenters. The van der Waals surface area contributed by atoms with Crippen LogP contribution in [0, 0.1) is 13.8 Å². The van der Waals surface area contributed by atoms with Crippen LogP contribution in [-0.4, -0.2) is 21.7 Å². The van der Waals surface area contributed by atoms with Gasteiger partial charge in [-0.3, -0.25) is 9.48 Å². The molecule has 0 aromatic carbocycles. The van der Waals surface area contributed by atoms with E-state index in [1.54, 1.807) is 0 Å². The molecule has 0 radical (unpaired) electrons. The van der Waals surface area contributed by atoms with Gasteiger partial charge in [-0.15, -0.1) is 0 Å². The van der Waals surface area contributed by atoms with Gasteiger partial charge in [0.2, 0.25) is 5.91 Å². The fourth-order valence-electron chi connectivity index (χ4n) is 2.58. The molecule has 1 amide bonds. The number of rotatable bonds is 3. The fourth-order valence-corrected chi connectivity index (χ4v) is 2.58. The van der Waals surface area contributed by atoms with Crippen molar-refractivity contribution in [2.24, 2.45) is 7.05 Å². The van der Waals surface area contributed by atoms with Crippen molar-refractivity contribution in [3.8, 4) is 0 Å². The van der Waals surface area contributed by atoms with Crippen molar-refractivity contribution in [2.75, 3.05) is 0 Å². The van der Waals surface area contributed by atoms with Gasteiger partial charge in [0.05, 0.1) is 12.1 Å². The predicted octanol–water partition coefficient (Wildman–Crippen LogP) is 1.64. The number of nitrogens with one attached hydrogen (secondary N) is 1. The summed E-state index contributed by atoms with van der Waals surface area (Å²) in [5, 5.41) is 7.45. The number of hydrogen-bond acceptors (Lipinski definition) is 2. The van der Waals surface area contributed by atoms with Crippen molar-refractivity contribution >= 4 is 5.91 Å². The Kier molecular flexibility index (Phi) is 3.50. The van der Waals surface area contributed by atoms with E-state index in [4.69, 9.17) is 0 Å². The quantitative estimate of drug-likeness (QED) is 0.865. The zero-order chi connectivity index (χ0) is 12.4. The maximum absolute atomic E-state index is 11.9. The van der Waals surface area contributed by atoms with Crippen LogP contribution >= 0.6 is 0 Å². The Bertz CT molecular complexity index is 417. The van der Waals surface area contributed by atoms with E-state index in [0.717, 1.165) is 29.8 Å². The van der Waals surface area contributed by atoms with Gasteiger partial charge >= 0.3 is 0 Å². The average molecular weight is 235 g/mol. The van der Waals surface area contributed by atoms with Gasteiger partial charge in [-0.2, -0.15) is 5.10 Å². The third kappa shape index (κ3) is 2.68. The van der Waals surface area contributed by atoms with Gasteiger partial charge in [0, 0.05) is 24.3 Å². The molecule has 17 heavy (non-hydrogen) atoms. The van der Waals surface area contributed by atoms with Crippen LogP contribution in [0.3, 0.4) is 0 Å². The van der Waals surface area contributed by atoms with Gasteiger partial charge in [0.25, 0.3) is 0 Å². The highest BCUT2D eigenvalue weighted by Gasteiger charge is 2.19. The Morgan fingerprint density at radius 3 is 2.59 bits per heavy atom. The molecular formula is C13H21N3O. The lowest BCUT2D eigenvalue weighted by Crippen LogP contribution is -2.33. The van der Waals surface area contributed by atoms with E-state index in [1.807, 2.05) is 25.6 Å². The first-order valence-electron chi connectivity index (χ1n) is 6.36. The van der Waals surface area contributed by atoms with Crippen LogP contribution in [0.4, 0.5) is 0 Å². The maximum atomic E-state index is 11.9. The van der Waals surface area contributed by atoms with Gasteiger partial charge in [0.1, 0.15) is 0 Å². The third-order valence-electron chi connectivity index (χ3n) is 3.72. The summed E-state index contributed by atoms with van der Waals surface area (Å²) < 4.78 is 1.84. The molecule has 0 bridgehead atoms. The molecule has 1 aromatic heterocycles. The summed E-state index contributed by atoms with van der Waals surface area (Å²) in [6.45, 7) is 3.98. The SMILES string of the molecule is Cc1nn(C)c(C)c1CC(=O)NC1CCCC1. The van der Waals surface area contributed by atoms with E-state index in [9.17, 15) is 4.79 Å². The lowest BCUT2D eigenvalue weighted by molar-refractivity contribution is -0.121. The molecule has 1 aliphatic rings. The number of carbonyl (C=O) groups excluding carboxylic acids is 1. The number of aromatic nitrogens is 2. The molecule has 1 N–H and O–H groups in total. The normalized spacial score (nSPS) is 16.4. The molecule has 1 heterocycles. The number of nitrogens with zero attached hydrogens (tertiary/aromatic N) is 2. The second-order valence-corrected chi connectivity index (χ2v) is 5.00. The molecule has 1 aliphatic carbocycles. The van der Waals surface area contributed by atoms with E-state index in [-0.39, 0.29) is 5.91 Å². The van der Waals surface area contributed by atoms with Crippen molar-refractivity contribution in [3.05, 3.63) is 17.0 Å². The Hall–Kier alpha value is -1.32. The van der Waals surface area contributed by atoms with Crippen molar-refractivity contribution in [1.29, 1.82) is 0 Å². The molecule has 2 rings (SSSR count). The monoisotopic (exact) mass is 235 g/mol. The largest absolute Gasteiger partial charge is 0.353 e. The van der Waals surface area contributed by atoms with E-state index < -0.39 is 0 Å². The maximum Gasteiger partial charge on any atom is 0.224 e. The molecule has 0 spiro atoms. The van der Waals surface area contributed by atoms with Gasteiger partial charge in [-0.05, 0) is 26.7 Å². The number of aryl methyl sites for hydroxylation is 2. The summed E-state index contributed by atoms with van der Waals surface area (Å²) in [5.74, 6) is 0.135. The minimum Gasteiger partial charge on any atom is -0.353 e. The molecule has 1 aromatic rings. The van der Waals surface area contributed by atoms with Crippen molar-refractivity contribution in [1.82, 2.24) is 15.1 Å². The van der Waals surface area contributed by atoms with Crippen LogP contribution in [0.2, 0.25) is 0 Å². The van der Waals surface area contributed by atoms with Crippen LogP contribution in [-0.2, 0) is 18.3 Å². The molecule has 1 fully saturated rings. The summed E-state index contributed by atoms with van der Waals surface area (Å²) in [7, 11) is 1.92. The summed E-state index contributed by atoms with van der Waals surface area (Å²) >= 11 is 0. The average Bonchev–Trinajstić information content (AvgIpc) is 2.83. The first-order valence-corrected chi connectivity index (χ1v) is 6.36. The molecule has 0 unspecified atom stereocenters. The minimum atomic E-state index is 0.135. The van der Waals surface area contributed by atoms with Gasteiger partial charge in [-0.1, -0.05) is 12.8 Å². The standard InChI is InChI=1S/C13H21N3O/c1-9-12(10(2)16(3)15-9)8-13(17)14-11-6-4-5-7-11/h11H,4-8H2,1-3H3,(H,14,17). The molecule has 4 nitrogen and oxygen atoms in total. The van der Waals surface area contributed by atoms with Crippen LogP contribution in [0.15, 0.2) is 0 Å². The molecular weight excluding hydrogens is 214 g/mol. The Balaban J connectivity index is 1.97. The highest BCUT2D eigenvalue weighted by Crippen LogP contribution is 2.18. The number of amides is 1. The van der Waals surface area contributed by atoms with Crippen molar-refractivity contribution < 1.29 is 4.79 Å². The fraction of sp³-hybridized carbons (Fsp3) is 0.692. The zero-order valence-corrected chi connectivity index (χ0v) is 10.9. The van der Waals surface area contributed by atoms with E-state index in [0.29, 0.717) is 12.5 Å².